The van der Waals surface area contributed by atoms with Crippen molar-refractivity contribution in [3.05, 3.63) is 42.0 Å². The molecular formula is C24H25F4N7O2S. The molecule has 0 bridgehead atoms. The summed E-state index contributed by atoms with van der Waals surface area (Å²) in [4.78, 5) is 18.5. The van der Waals surface area contributed by atoms with Gasteiger partial charge in [0.15, 0.2) is 5.82 Å². The number of hydrogen-bond donors (Lipinski definition) is 2. The molecule has 0 saturated carbocycles. The van der Waals surface area contributed by atoms with Crippen molar-refractivity contribution in [1.29, 1.82) is 0 Å². The van der Waals surface area contributed by atoms with E-state index in [1.165, 1.54) is 29.1 Å². The average Bonchev–Trinajstić information content (AvgIpc) is 3.42. The number of likely N-dealkylation sites (tertiary alicyclic amines) is 1. The monoisotopic (exact) mass is 551 g/mol. The molecule has 2 aliphatic rings. The highest BCUT2D eigenvalue weighted by atomic mass is 32.2. The molecule has 2 N–H and O–H groups in total. The number of nitrogens with one attached hydrogen (secondary N) is 2. The first-order valence-electron chi connectivity index (χ1n) is 11.9. The molecule has 2 aliphatic heterocycles. The number of thioether (sulfide) groups is 1. The molecule has 14 heteroatoms. The molecule has 2 saturated heterocycles. The summed E-state index contributed by atoms with van der Waals surface area (Å²) in [5.41, 5.74) is -3.73. The van der Waals surface area contributed by atoms with Gasteiger partial charge in [-0.1, -0.05) is 11.8 Å². The quantitative estimate of drug-likeness (QED) is 0.277. The third kappa shape index (κ3) is 5.90. The van der Waals surface area contributed by atoms with Gasteiger partial charge in [0.05, 0.1) is 54.7 Å². The van der Waals surface area contributed by atoms with Gasteiger partial charge in [-0.25, -0.2) is 9.37 Å². The van der Waals surface area contributed by atoms with Gasteiger partial charge in [0.25, 0.3) is 5.91 Å². The fraction of sp³-hybridized carbons (Fsp3) is 0.458. The molecule has 9 nitrogen and oxygen atoms in total. The minimum absolute atomic E-state index is 0.0820. The zero-order valence-electron chi connectivity index (χ0n) is 20.3. The Morgan fingerprint density at radius 3 is 2.87 bits per heavy atom. The van der Waals surface area contributed by atoms with Gasteiger partial charge in [-0.2, -0.15) is 18.3 Å². The number of carbonyl (C=O) groups is 1. The Kier molecular flexibility index (Phi) is 7.51. The van der Waals surface area contributed by atoms with Crippen molar-refractivity contribution in [3.63, 3.8) is 0 Å². The highest BCUT2D eigenvalue weighted by Crippen LogP contribution is 2.40. The fourth-order valence-corrected chi connectivity index (χ4v) is 4.98. The number of amides is 1. The van der Waals surface area contributed by atoms with Gasteiger partial charge in [0.1, 0.15) is 11.2 Å². The topological polar surface area (TPSA) is 88.7 Å². The van der Waals surface area contributed by atoms with Crippen LogP contribution in [0.15, 0.2) is 35.9 Å². The predicted molar refractivity (Wildman–Crippen MR) is 133 cm³/mol. The largest absolute Gasteiger partial charge is 0.447 e. The van der Waals surface area contributed by atoms with Gasteiger partial charge in [-0.05, 0) is 19.5 Å². The number of carbonyl (C=O) groups excluding carboxylic acids is 1. The maximum absolute atomic E-state index is 14.6. The van der Waals surface area contributed by atoms with Crippen LogP contribution in [0.5, 0.6) is 0 Å². The number of alkyl halides is 4. The first kappa shape index (κ1) is 26.3. The molecule has 0 spiro atoms. The number of fused-ring (bicyclic) bond motifs is 1. The number of ether oxygens (including phenoxy) is 1. The summed E-state index contributed by atoms with van der Waals surface area (Å²) < 4.78 is 62.9. The van der Waals surface area contributed by atoms with Gasteiger partial charge >= 0.3 is 5.51 Å². The number of rotatable bonds is 6. The lowest BCUT2D eigenvalue weighted by atomic mass is 10.0. The average molecular weight is 552 g/mol. The molecule has 0 unspecified atom stereocenters. The highest BCUT2D eigenvalue weighted by molar-refractivity contribution is 8.00. The van der Waals surface area contributed by atoms with Crippen molar-refractivity contribution in [2.75, 3.05) is 45.2 Å². The lowest BCUT2D eigenvalue weighted by Crippen LogP contribution is -2.46. The SMILES string of the molecule is CN1CC[C@@H](Nc2nccn3c(SC(F)(F)F)c(C#CCNC(=O)c4cnn(C5COC5)c4)cc23)[C@@H](F)C1. The molecule has 3 aromatic heterocycles. The summed E-state index contributed by atoms with van der Waals surface area (Å²) in [6.07, 6.45) is 5.21. The van der Waals surface area contributed by atoms with E-state index in [9.17, 15) is 22.4 Å². The van der Waals surface area contributed by atoms with Crippen LogP contribution in [-0.4, -0.2) is 87.6 Å². The lowest BCUT2D eigenvalue weighted by Gasteiger charge is -2.33. The molecule has 38 heavy (non-hydrogen) atoms. The van der Waals surface area contributed by atoms with Crippen molar-refractivity contribution < 1.29 is 27.1 Å². The molecule has 5 rings (SSSR count). The van der Waals surface area contributed by atoms with E-state index in [2.05, 4.69) is 32.6 Å². The third-order valence-electron chi connectivity index (χ3n) is 6.35. The van der Waals surface area contributed by atoms with E-state index in [4.69, 9.17) is 4.74 Å². The van der Waals surface area contributed by atoms with Crippen LogP contribution in [0.1, 0.15) is 28.4 Å². The highest BCUT2D eigenvalue weighted by Gasteiger charge is 2.33. The number of nitrogens with zero attached hydrogens (tertiary/aromatic N) is 5. The molecule has 5 heterocycles. The Labute approximate surface area is 219 Å². The van der Waals surface area contributed by atoms with Crippen LogP contribution in [0.4, 0.5) is 23.4 Å². The number of hydrogen-bond acceptors (Lipinski definition) is 7. The molecular weight excluding hydrogens is 526 g/mol. The summed E-state index contributed by atoms with van der Waals surface area (Å²) in [6, 6.07) is 1.09. The van der Waals surface area contributed by atoms with Crippen molar-refractivity contribution in [2.45, 2.75) is 35.2 Å². The summed E-state index contributed by atoms with van der Waals surface area (Å²) in [5, 5.41) is 9.72. The second-order valence-electron chi connectivity index (χ2n) is 9.14. The van der Waals surface area contributed by atoms with Gasteiger partial charge in [0, 0.05) is 43.4 Å². The standard InChI is InChI=1S/C24H25F4N7O2S/c1-33-7-4-19(18(25)12-33)32-21-20-9-15(23(38-24(26,27)28)34(20)8-6-29-21)3-2-5-30-22(36)16-10-31-35(11-16)17-13-37-14-17/h6,8-11,17-19H,4-5,7,12-14H2,1H3,(H,29,32)(H,30,36)/t18-,19+/m0/s1. The maximum atomic E-state index is 14.6. The van der Waals surface area contributed by atoms with Crippen LogP contribution in [0, 0.1) is 11.8 Å². The number of piperidine rings is 1. The second kappa shape index (κ2) is 10.8. The van der Waals surface area contributed by atoms with E-state index < -0.39 is 23.6 Å². The van der Waals surface area contributed by atoms with Crippen LogP contribution < -0.4 is 10.6 Å². The van der Waals surface area contributed by atoms with Gasteiger partial charge < -0.3 is 24.7 Å². The van der Waals surface area contributed by atoms with E-state index in [1.54, 1.807) is 10.9 Å². The third-order valence-corrected chi connectivity index (χ3v) is 7.19. The van der Waals surface area contributed by atoms with Crippen LogP contribution in [0.25, 0.3) is 5.52 Å². The first-order chi connectivity index (χ1) is 18.2. The Balaban J connectivity index is 1.34. The van der Waals surface area contributed by atoms with Crippen molar-refractivity contribution in [2.24, 2.45) is 0 Å². The molecule has 202 valence electrons. The molecule has 2 fully saturated rings. The van der Waals surface area contributed by atoms with E-state index in [0.29, 0.717) is 37.3 Å². The molecule has 1 amide bonds. The minimum Gasteiger partial charge on any atom is -0.377 e. The van der Waals surface area contributed by atoms with E-state index in [1.807, 2.05) is 11.9 Å². The zero-order valence-corrected chi connectivity index (χ0v) is 21.2. The molecule has 0 radical (unpaired) electrons. The van der Waals surface area contributed by atoms with Gasteiger partial charge in [0.2, 0.25) is 0 Å². The Bertz CT molecular complexity index is 1380. The maximum Gasteiger partial charge on any atom is 0.447 e. The number of anilines is 1. The van der Waals surface area contributed by atoms with Crippen LogP contribution in [0.3, 0.4) is 0 Å². The van der Waals surface area contributed by atoms with Crippen molar-refractivity contribution in [3.8, 4) is 11.8 Å². The Morgan fingerprint density at radius 2 is 2.16 bits per heavy atom. The Hall–Kier alpha value is -3.28. The van der Waals surface area contributed by atoms with Crippen LogP contribution in [0.2, 0.25) is 0 Å². The normalized spacial score (nSPS) is 20.6. The molecule has 0 aromatic carbocycles. The van der Waals surface area contributed by atoms with Gasteiger partial charge in [-0.15, -0.1) is 0 Å². The molecule has 2 atom stereocenters. The first-order valence-corrected chi connectivity index (χ1v) is 12.7. The minimum atomic E-state index is -4.56. The number of aromatic nitrogens is 4. The summed E-state index contributed by atoms with van der Waals surface area (Å²) in [6.45, 7) is 1.95. The molecule has 0 aliphatic carbocycles. The van der Waals surface area contributed by atoms with Crippen LogP contribution in [-0.2, 0) is 4.74 Å². The second-order valence-corrected chi connectivity index (χ2v) is 10.2. The molecule has 3 aromatic rings. The summed E-state index contributed by atoms with van der Waals surface area (Å²) >= 11 is -0.291. The van der Waals surface area contributed by atoms with Crippen molar-refractivity contribution >= 4 is 29.0 Å². The summed E-state index contributed by atoms with van der Waals surface area (Å²) in [7, 11) is 1.83. The van der Waals surface area contributed by atoms with E-state index >= 15 is 0 Å². The fourth-order valence-electron chi connectivity index (χ4n) is 4.28. The zero-order chi connectivity index (χ0) is 26.9. The summed E-state index contributed by atoms with van der Waals surface area (Å²) in [5.74, 6) is 5.35. The lowest BCUT2D eigenvalue weighted by molar-refractivity contribution is -0.0330. The van der Waals surface area contributed by atoms with Gasteiger partial charge in [-0.3, -0.25) is 9.48 Å². The van der Waals surface area contributed by atoms with Crippen LogP contribution >= 0.6 is 11.8 Å². The van der Waals surface area contributed by atoms with E-state index in [-0.39, 0.29) is 47.3 Å². The Morgan fingerprint density at radius 1 is 1.34 bits per heavy atom. The smallest absolute Gasteiger partial charge is 0.377 e. The predicted octanol–water partition coefficient (Wildman–Crippen LogP) is 2.95. The van der Waals surface area contributed by atoms with Crippen molar-refractivity contribution in [1.82, 2.24) is 29.4 Å². The van der Waals surface area contributed by atoms with E-state index in [0.717, 1.165) is 0 Å². The number of halogens is 4.